The molecule has 0 aromatic heterocycles. The summed E-state index contributed by atoms with van der Waals surface area (Å²) in [5.41, 5.74) is -1.81. The van der Waals surface area contributed by atoms with E-state index in [4.69, 9.17) is 9.84 Å². The number of amides is 1. The predicted octanol–water partition coefficient (Wildman–Crippen LogP) is 6.51. The minimum absolute atomic E-state index is 0.0115. The number of ether oxygens (including phenoxy) is 1. The molecule has 3 N–H and O–H groups in total. The first-order valence-corrected chi connectivity index (χ1v) is 12.1. The van der Waals surface area contributed by atoms with Gasteiger partial charge in [-0.15, -0.1) is 0 Å². The number of alkyl halides is 3. The number of anilines is 1. The first-order chi connectivity index (χ1) is 18.8. The zero-order chi connectivity index (χ0) is 29.6. The summed E-state index contributed by atoms with van der Waals surface area (Å²) in [7, 11) is 0. The molecule has 3 aromatic rings. The molecular weight excluding hydrogens is 542 g/mol. The number of rotatable bonds is 11. The van der Waals surface area contributed by atoms with Gasteiger partial charge in [0.05, 0.1) is 23.6 Å². The van der Waals surface area contributed by atoms with Crippen LogP contribution in [0.2, 0.25) is 0 Å². The van der Waals surface area contributed by atoms with Crippen molar-refractivity contribution in [1.82, 2.24) is 5.32 Å². The van der Waals surface area contributed by atoms with Crippen LogP contribution in [0.15, 0.2) is 54.6 Å². The maximum Gasteiger partial charge on any atom is 0.416 e. The Labute approximate surface area is 226 Å². The largest absolute Gasteiger partial charge is 0.491 e. The van der Waals surface area contributed by atoms with E-state index in [9.17, 15) is 35.9 Å². The third-order valence-corrected chi connectivity index (χ3v) is 5.94. The number of carboxylic acids is 1. The molecule has 1 atom stereocenters. The molecule has 1 amide bonds. The first-order valence-electron chi connectivity index (χ1n) is 12.1. The van der Waals surface area contributed by atoms with E-state index >= 15 is 0 Å². The number of carboxylic acid groups (broad SMARTS) is 1. The van der Waals surface area contributed by atoms with Crippen molar-refractivity contribution in [2.24, 2.45) is 5.92 Å². The Morgan fingerprint density at radius 3 is 2.08 bits per heavy atom. The number of carbonyl (C=O) groups excluding carboxylic acids is 1. The minimum Gasteiger partial charge on any atom is -0.491 e. The summed E-state index contributed by atoms with van der Waals surface area (Å²) >= 11 is 0. The summed E-state index contributed by atoms with van der Waals surface area (Å²) in [6, 6.07) is 9.03. The normalized spacial score (nSPS) is 12.2. The van der Waals surface area contributed by atoms with Gasteiger partial charge in [-0.2, -0.15) is 13.2 Å². The van der Waals surface area contributed by atoms with Crippen LogP contribution in [-0.4, -0.2) is 36.2 Å². The van der Waals surface area contributed by atoms with Crippen molar-refractivity contribution in [3.05, 3.63) is 83.2 Å². The van der Waals surface area contributed by atoms with Gasteiger partial charge in [-0.1, -0.05) is 19.9 Å². The highest BCUT2D eigenvalue weighted by molar-refractivity contribution is 5.94. The molecule has 0 heterocycles. The van der Waals surface area contributed by atoms with Gasteiger partial charge in [-0.3, -0.25) is 9.59 Å². The molecule has 214 valence electrons. The van der Waals surface area contributed by atoms with Crippen molar-refractivity contribution in [3.8, 4) is 16.9 Å². The monoisotopic (exact) mass is 568 g/mol. The molecule has 0 aliphatic carbocycles. The third kappa shape index (κ3) is 7.90. The van der Waals surface area contributed by atoms with Gasteiger partial charge in [0.1, 0.15) is 29.8 Å². The molecule has 12 heteroatoms. The Balaban J connectivity index is 1.68. The standard InChI is InChI=1S/C28H26F6N2O4/c1-15(2)24(36-18-6-3-16(4-7-18)27(39)35-10-9-25(37)38)14-40-19-12-22(30)26(23(31)13-19)20-8-5-17(11-21(20)29)28(32,33)34/h3-8,11-13,15,24,36H,9-10,14H2,1-2H3,(H,35,39)(H,37,38)/t24-/m1/s1. The zero-order valence-corrected chi connectivity index (χ0v) is 21.4. The van der Waals surface area contributed by atoms with E-state index in [2.05, 4.69) is 10.6 Å². The van der Waals surface area contributed by atoms with Gasteiger partial charge in [-0.25, -0.2) is 13.2 Å². The minimum atomic E-state index is -4.81. The molecule has 0 unspecified atom stereocenters. The number of aliphatic carboxylic acids is 1. The lowest BCUT2D eigenvalue weighted by molar-refractivity contribution is -0.138. The van der Waals surface area contributed by atoms with Gasteiger partial charge in [-0.05, 0) is 42.3 Å². The average Bonchev–Trinajstić information content (AvgIpc) is 2.86. The second-order valence-electron chi connectivity index (χ2n) is 9.24. The maximum atomic E-state index is 14.8. The number of halogens is 6. The summed E-state index contributed by atoms with van der Waals surface area (Å²) in [6.07, 6.45) is -5.01. The molecule has 40 heavy (non-hydrogen) atoms. The van der Waals surface area contributed by atoms with Crippen LogP contribution in [0.25, 0.3) is 11.1 Å². The lowest BCUT2D eigenvalue weighted by atomic mass is 10.0. The maximum absolute atomic E-state index is 14.8. The molecule has 0 aliphatic heterocycles. The highest BCUT2D eigenvalue weighted by atomic mass is 19.4. The van der Waals surface area contributed by atoms with Gasteiger partial charge in [0.2, 0.25) is 0 Å². The quantitative estimate of drug-likeness (QED) is 0.230. The van der Waals surface area contributed by atoms with Crippen LogP contribution in [0, 0.1) is 23.4 Å². The Morgan fingerprint density at radius 1 is 0.925 bits per heavy atom. The SMILES string of the molecule is CC(C)[C@@H](COc1cc(F)c(-c2ccc(C(F)(F)F)cc2F)c(F)c1)Nc1ccc(C(=O)NCCC(=O)O)cc1. The van der Waals surface area contributed by atoms with E-state index in [-0.39, 0.29) is 43.3 Å². The topological polar surface area (TPSA) is 87.7 Å². The van der Waals surface area contributed by atoms with Gasteiger partial charge in [0, 0.05) is 35.5 Å². The molecule has 3 aromatic carbocycles. The molecular formula is C28H26F6N2O4. The predicted molar refractivity (Wildman–Crippen MR) is 136 cm³/mol. The summed E-state index contributed by atoms with van der Waals surface area (Å²) in [4.78, 5) is 22.7. The average molecular weight is 569 g/mol. The highest BCUT2D eigenvalue weighted by Crippen LogP contribution is 2.35. The number of nitrogens with one attached hydrogen (secondary N) is 2. The van der Waals surface area contributed by atoms with Gasteiger partial charge in [0.15, 0.2) is 0 Å². The Hall–Kier alpha value is -4.22. The van der Waals surface area contributed by atoms with Crippen molar-refractivity contribution < 1.29 is 45.8 Å². The number of benzene rings is 3. The molecule has 6 nitrogen and oxygen atoms in total. The molecule has 0 saturated carbocycles. The second-order valence-corrected chi connectivity index (χ2v) is 9.24. The third-order valence-electron chi connectivity index (χ3n) is 5.94. The van der Waals surface area contributed by atoms with Crippen molar-refractivity contribution >= 4 is 17.6 Å². The van der Waals surface area contributed by atoms with E-state index in [0.29, 0.717) is 23.4 Å². The molecule has 0 radical (unpaired) electrons. The lowest BCUT2D eigenvalue weighted by Crippen LogP contribution is -2.32. The van der Waals surface area contributed by atoms with Crippen LogP contribution in [0.5, 0.6) is 5.75 Å². The molecule has 0 fully saturated rings. The Bertz CT molecular complexity index is 1340. The van der Waals surface area contributed by atoms with E-state index in [1.807, 2.05) is 13.8 Å². The van der Waals surface area contributed by atoms with E-state index in [1.165, 1.54) is 0 Å². The number of hydrogen-bond acceptors (Lipinski definition) is 4. The van der Waals surface area contributed by atoms with Crippen LogP contribution in [0.4, 0.5) is 32.0 Å². The van der Waals surface area contributed by atoms with Crippen molar-refractivity contribution in [1.29, 1.82) is 0 Å². The Kier molecular flexibility index (Phi) is 9.67. The van der Waals surface area contributed by atoms with Gasteiger partial charge >= 0.3 is 12.1 Å². The van der Waals surface area contributed by atoms with E-state index < -0.39 is 52.2 Å². The molecule has 0 spiro atoms. The van der Waals surface area contributed by atoms with Crippen molar-refractivity contribution in [3.63, 3.8) is 0 Å². The van der Waals surface area contributed by atoms with E-state index in [0.717, 1.165) is 12.1 Å². The van der Waals surface area contributed by atoms with Gasteiger partial charge < -0.3 is 20.5 Å². The number of hydrogen-bond donors (Lipinski definition) is 3. The fraction of sp³-hybridized carbons (Fsp3) is 0.286. The fourth-order valence-corrected chi connectivity index (χ4v) is 3.69. The van der Waals surface area contributed by atoms with Crippen molar-refractivity contribution in [2.75, 3.05) is 18.5 Å². The van der Waals surface area contributed by atoms with Crippen LogP contribution in [0.1, 0.15) is 36.2 Å². The highest BCUT2D eigenvalue weighted by Gasteiger charge is 2.32. The number of carbonyl (C=O) groups is 2. The van der Waals surface area contributed by atoms with Crippen LogP contribution >= 0.6 is 0 Å². The lowest BCUT2D eigenvalue weighted by Gasteiger charge is -2.24. The molecule has 0 saturated heterocycles. The summed E-state index contributed by atoms with van der Waals surface area (Å²) in [5.74, 6) is -5.52. The van der Waals surface area contributed by atoms with Crippen LogP contribution < -0.4 is 15.4 Å². The summed E-state index contributed by atoms with van der Waals surface area (Å²) in [6.45, 7) is 3.70. The van der Waals surface area contributed by atoms with Crippen LogP contribution in [0.3, 0.4) is 0 Å². The molecule has 3 rings (SSSR count). The van der Waals surface area contributed by atoms with E-state index in [1.54, 1.807) is 24.3 Å². The Morgan fingerprint density at radius 2 is 1.55 bits per heavy atom. The fourth-order valence-electron chi connectivity index (χ4n) is 3.69. The smallest absolute Gasteiger partial charge is 0.416 e. The van der Waals surface area contributed by atoms with Gasteiger partial charge in [0.25, 0.3) is 5.91 Å². The summed E-state index contributed by atoms with van der Waals surface area (Å²) < 4.78 is 87.8. The van der Waals surface area contributed by atoms with Crippen LogP contribution in [-0.2, 0) is 11.0 Å². The first kappa shape index (κ1) is 30.3. The molecule has 0 aliphatic rings. The zero-order valence-electron chi connectivity index (χ0n) is 21.4. The summed E-state index contributed by atoms with van der Waals surface area (Å²) in [5, 5.41) is 14.3. The second kappa shape index (κ2) is 12.8. The van der Waals surface area contributed by atoms with Crippen molar-refractivity contribution in [2.45, 2.75) is 32.5 Å². The molecule has 0 bridgehead atoms.